The summed E-state index contributed by atoms with van der Waals surface area (Å²) in [6, 6.07) is 2.78. The van der Waals surface area contributed by atoms with E-state index in [9.17, 15) is 18.4 Å². The van der Waals surface area contributed by atoms with Crippen molar-refractivity contribution < 1.29 is 23.1 Å². The van der Waals surface area contributed by atoms with Crippen molar-refractivity contribution in [3.8, 4) is 0 Å². The lowest BCUT2D eigenvalue weighted by Gasteiger charge is -2.32. The lowest BCUT2D eigenvalue weighted by atomic mass is 10.0. The van der Waals surface area contributed by atoms with Gasteiger partial charge in [0, 0.05) is 18.8 Å². The van der Waals surface area contributed by atoms with Gasteiger partial charge >= 0.3 is 6.09 Å². The standard InChI is InChI=1S/C21H30F2N4O3/c1-21(2,3)30-20(29)26-17(6-4-5-16-8-7-15(24)13-25-16)19(28)27-11-9-14(10-12-27)18(22)23/h7-8,13,17H,4-6,9-12,24H2,1-3H3,(H,26,29). The molecule has 2 amide bonds. The Labute approximate surface area is 175 Å². The number of nitrogens with zero attached hydrogens (tertiary/aromatic N) is 2. The first-order valence-electron chi connectivity index (χ1n) is 10.1. The van der Waals surface area contributed by atoms with Gasteiger partial charge in [-0.15, -0.1) is 0 Å². The van der Waals surface area contributed by atoms with Gasteiger partial charge in [-0.2, -0.15) is 8.78 Å². The van der Waals surface area contributed by atoms with Crippen LogP contribution in [0.5, 0.6) is 0 Å². The lowest BCUT2D eigenvalue weighted by molar-refractivity contribution is -0.134. The van der Waals surface area contributed by atoms with E-state index in [1.165, 1.54) is 4.90 Å². The molecule has 0 bridgehead atoms. The fraction of sp³-hybridized carbons (Fsp3) is 0.571. The number of carbonyl (C=O) groups is 2. The number of nitrogens with one attached hydrogen (secondary N) is 1. The molecule has 30 heavy (non-hydrogen) atoms. The third kappa shape index (κ3) is 7.61. The van der Waals surface area contributed by atoms with Crippen LogP contribution >= 0.6 is 0 Å². The van der Waals surface area contributed by atoms with Crippen molar-refractivity contribution in [2.24, 2.45) is 0 Å². The van der Waals surface area contributed by atoms with Crippen molar-refractivity contribution in [2.75, 3.05) is 18.8 Å². The number of alkyl carbamates (subject to hydrolysis) is 1. The quantitative estimate of drug-likeness (QED) is 0.726. The first-order chi connectivity index (χ1) is 14.0. The maximum Gasteiger partial charge on any atom is 0.408 e. The van der Waals surface area contributed by atoms with E-state index < -0.39 is 23.8 Å². The molecule has 1 aromatic heterocycles. The summed E-state index contributed by atoms with van der Waals surface area (Å²) < 4.78 is 30.8. The molecular weight excluding hydrogens is 394 g/mol. The largest absolute Gasteiger partial charge is 0.444 e. The van der Waals surface area contributed by atoms with Gasteiger partial charge in [0.1, 0.15) is 11.6 Å². The molecule has 7 nitrogen and oxygen atoms in total. The van der Waals surface area contributed by atoms with Gasteiger partial charge in [-0.05, 0) is 70.6 Å². The van der Waals surface area contributed by atoms with E-state index in [4.69, 9.17) is 10.5 Å². The van der Waals surface area contributed by atoms with Crippen LogP contribution < -0.4 is 11.1 Å². The topological polar surface area (TPSA) is 97.5 Å². The van der Waals surface area contributed by atoms with Gasteiger partial charge in [0.05, 0.1) is 11.9 Å². The molecule has 0 radical (unpaired) electrons. The number of ether oxygens (including phenoxy) is 1. The number of hydrogen-bond donors (Lipinski definition) is 2. The first-order valence-corrected chi connectivity index (χ1v) is 10.1. The summed E-state index contributed by atoms with van der Waals surface area (Å²) in [6.45, 7) is 5.62. The van der Waals surface area contributed by atoms with Crippen LogP contribution in [0.15, 0.2) is 30.0 Å². The summed E-state index contributed by atoms with van der Waals surface area (Å²) >= 11 is 0. The van der Waals surface area contributed by atoms with E-state index in [0.717, 1.165) is 5.69 Å². The highest BCUT2D eigenvalue weighted by Crippen LogP contribution is 2.22. The summed E-state index contributed by atoms with van der Waals surface area (Å²) in [5.74, 6) is -0.288. The van der Waals surface area contributed by atoms with Crippen LogP contribution in [0.3, 0.4) is 0 Å². The van der Waals surface area contributed by atoms with Gasteiger partial charge in [0.25, 0.3) is 6.08 Å². The number of anilines is 1. The van der Waals surface area contributed by atoms with E-state index >= 15 is 0 Å². The van der Waals surface area contributed by atoms with Crippen LogP contribution in [-0.2, 0) is 16.0 Å². The van der Waals surface area contributed by atoms with E-state index in [-0.39, 0.29) is 37.4 Å². The fourth-order valence-electron chi connectivity index (χ4n) is 3.18. The van der Waals surface area contributed by atoms with Crippen molar-refractivity contribution in [2.45, 2.75) is 64.5 Å². The molecule has 0 aromatic carbocycles. The number of carbonyl (C=O) groups excluding carboxylic acids is 2. The van der Waals surface area contributed by atoms with E-state index in [1.807, 2.05) is 6.07 Å². The minimum absolute atomic E-state index is 0.0881. The monoisotopic (exact) mass is 424 g/mol. The molecule has 1 saturated heterocycles. The molecular formula is C21H30F2N4O3. The minimum Gasteiger partial charge on any atom is -0.444 e. The highest BCUT2D eigenvalue weighted by atomic mass is 19.3. The number of nitrogen functional groups attached to an aromatic ring is 1. The number of nitrogens with two attached hydrogens (primary N) is 1. The molecule has 2 rings (SSSR count). The predicted octanol–water partition coefficient (Wildman–Crippen LogP) is 3.65. The van der Waals surface area contributed by atoms with Crippen LogP contribution in [0.2, 0.25) is 0 Å². The van der Waals surface area contributed by atoms with Crippen LogP contribution in [0, 0.1) is 0 Å². The Morgan fingerprint density at radius 2 is 1.93 bits per heavy atom. The number of halogens is 2. The second kappa shape index (κ2) is 10.4. The Bertz CT molecular complexity index is 761. The van der Waals surface area contributed by atoms with Gasteiger partial charge in [-0.25, -0.2) is 4.79 Å². The van der Waals surface area contributed by atoms with Crippen LogP contribution in [-0.4, -0.2) is 46.6 Å². The van der Waals surface area contributed by atoms with Gasteiger partial charge in [0.2, 0.25) is 5.91 Å². The van der Waals surface area contributed by atoms with Crippen molar-refractivity contribution in [1.29, 1.82) is 0 Å². The molecule has 1 aromatic rings. The fourth-order valence-corrected chi connectivity index (χ4v) is 3.18. The highest BCUT2D eigenvalue weighted by Gasteiger charge is 2.30. The number of pyridine rings is 1. The molecule has 1 aliphatic heterocycles. The number of rotatable bonds is 6. The second-order valence-electron chi connectivity index (χ2n) is 8.36. The Kier molecular flexibility index (Phi) is 8.14. The summed E-state index contributed by atoms with van der Waals surface area (Å²) in [4.78, 5) is 31.0. The number of aryl methyl sites for hydroxylation is 1. The average molecular weight is 424 g/mol. The molecule has 1 fully saturated rings. The van der Waals surface area contributed by atoms with E-state index in [2.05, 4.69) is 10.3 Å². The van der Waals surface area contributed by atoms with Gasteiger partial charge in [-0.1, -0.05) is 0 Å². The van der Waals surface area contributed by atoms with Crippen molar-refractivity contribution in [3.05, 3.63) is 35.7 Å². The molecule has 1 unspecified atom stereocenters. The second-order valence-corrected chi connectivity index (χ2v) is 8.36. The summed E-state index contributed by atoms with van der Waals surface area (Å²) in [7, 11) is 0. The molecule has 2 heterocycles. The number of hydrogen-bond acceptors (Lipinski definition) is 5. The third-order valence-corrected chi connectivity index (χ3v) is 4.71. The van der Waals surface area contributed by atoms with Crippen LogP contribution in [0.25, 0.3) is 0 Å². The Morgan fingerprint density at radius 1 is 1.27 bits per heavy atom. The number of likely N-dealkylation sites (tertiary alicyclic amines) is 1. The zero-order chi connectivity index (χ0) is 22.3. The molecule has 0 spiro atoms. The molecule has 0 aliphatic carbocycles. The SMILES string of the molecule is CC(C)(C)OC(=O)NC(CCCc1ccc(N)cn1)C(=O)N1CCC(=C(F)F)CC1. The molecule has 1 aliphatic rings. The van der Waals surface area contributed by atoms with Crippen LogP contribution in [0.4, 0.5) is 19.3 Å². The zero-order valence-corrected chi connectivity index (χ0v) is 17.7. The normalized spacial score (nSPS) is 15.5. The third-order valence-electron chi connectivity index (χ3n) is 4.71. The van der Waals surface area contributed by atoms with Gasteiger partial charge < -0.3 is 20.7 Å². The number of piperidine rings is 1. The average Bonchev–Trinajstić information content (AvgIpc) is 2.67. The molecule has 1 atom stereocenters. The summed E-state index contributed by atoms with van der Waals surface area (Å²) in [5, 5.41) is 2.65. The zero-order valence-electron chi connectivity index (χ0n) is 17.7. The first kappa shape index (κ1) is 23.6. The van der Waals surface area contributed by atoms with E-state index in [1.54, 1.807) is 33.0 Å². The van der Waals surface area contributed by atoms with Crippen molar-refractivity contribution in [1.82, 2.24) is 15.2 Å². The Morgan fingerprint density at radius 3 is 2.47 bits per heavy atom. The summed E-state index contributed by atoms with van der Waals surface area (Å²) in [6.07, 6.45) is 1.09. The highest BCUT2D eigenvalue weighted by molar-refractivity contribution is 5.85. The molecule has 166 valence electrons. The van der Waals surface area contributed by atoms with E-state index in [0.29, 0.717) is 24.9 Å². The molecule has 9 heteroatoms. The molecule has 3 N–H and O–H groups in total. The minimum atomic E-state index is -1.67. The van der Waals surface area contributed by atoms with Gasteiger partial charge in [-0.3, -0.25) is 9.78 Å². The van der Waals surface area contributed by atoms with Crippen LogP contribution in [0.1, 0.15) is 52.1 Å². The van der Waals surface area contributed by atoms with Crippen molar-refractivity contribution in [3.63, 3.8) is 0 Å². The Hall–Kier alpha value is -2.71. The number of amides is 2. The number of aromatic nitrogens is 1. The maximum absolute atomic E-state index is 13.0. The predicted molar refractivity (Wildman–Crippen MR) is 110 cm³/mol. The van der Waals surface area contributed by atoms with Crippen molar-refractivity contribution >= 4 is 17.7 Å². The Balaban J connectivity index is 2.00. The smallest absolute Gasteiger partial charge is 0.408 e. The van der Waals surface area contributed by atoms with Gasteiger partial charge in [0.15, 0.2) is 0 Å². The lowest BCUT2D eigenvalue weighted by Crippen LogP contribution is -2.51. The molecule has 0 saturated carbocycles. The summed E-state index contributed by atoms with van der Waals surface area (Å²) in [5.41, 5.74) is 6.43. The maximum atomic E-state index is 13.0.